The second kappa shape index (κ2) is 4.93. The molecule has 0 bridgehead atoms. The first kappa shape index (κ1) is 11.5. The summed E-state index contributed by atoms with van der Waals surface area (Å²) < 4.78 is 3.06. The molecular formula is C11H8Br2N2O. The summed E-state index contributed by atoms with van der Waals surface area (Å²) in [4.78, 5) is 15.7. The molecule has 0 aliphatic heterocycles. The minimum Gasteiger partial charge on any atom is -0.309 e. The van der Waals surface area contributed by atoms with Gasteiger partial charge in [0, 0.05) is 23.1 Å². The summed E-state index contributed by atoms with van der Waals surface area (Å²) in [6.45, 7) is 0.541. The van der Waals surface area contributed by atoms with Crippen molar-refractivity contribution in [3.63, 3.8) is 0 Å². The van der Waals surface area contributed by atoms with Crippen LogP contribution in [0.4, 0.5) is 0 Å². The van der Waals surface area contributed by atoms with E-state index in [1.165, 1.54) is 0 Å². The number of pyridine rings is 2. The first-order valence-corrected chi connectivity index (χ1v) is 6.20. The van der Waals surface area contributed by atoms with E-state index in [0.29, 0.717) is 11.0 Å². The third-order valence-corrected chi connectivity index (χ3v) is 3.11. The van der Waals surface area contributed by atoms with Gasteiger partial charge in [-0.25, -0.2) is 0 Å². The van der Waals surface area contributed by atoms with Gasteiger partial charge in [0.05, 0.1) is 11.0 Å². The van der Waals surface area contributed by atoms with E-state index in [-0.39, 0.29) is 5.56 Å². The molecule has 0 amide bonds. The van der Waals surface area contributed by atoms with Crippen molar-refractivity contribution in [2.24, 2.45) is 0 Å². The minimum atomic E-state index is -0.0417. The molecule has 82 valence electrons. The van der Waals surface area contributed by atoms with Gasteiger partial charge in [-0.2, -0.15) is 0 Å². The summed E-state index contributed by atoms with van der Waals surface area (Å²) >= 11 is 6.59. The van der Waals surface area contributed by atoms with Crippen LogP contribution in [0.5, 0.6) is 0 Å². The molecule has 0 aromatic carbocycles. The minimum absolute atomic E-state index is 0.0417. The molecule has 16 heavy (non-hydrogen) atoms. The number of aromatic nitrogens is 2. The van der Waals surface area contributed by atoms with Crippen molar-refractivity contribution in [1.29, 1.82) is 0 Å². The number of nitrogens with zero attached hydrogens (tertiary/aromatic N) is 2. The van der Waals surface area contributed by atoms with Gasteiger partial charge in [0.1, 0.15) is 0 Å². The fraction of sp³-hybridized carbons (Fsp3) is 0.0909. The maximum Gasteiger partial charge on any atom is 0.265 e. The summed E-state index contributed by atoms with van der Waals surface area (Å²) in [7, 11) is 0. The Morgan fingerprint density at radius 2 is 1.94 bits per heavy atom. The molecule has 0 fully saturated rings. The predicted octanol–water partition coefficient (Wildman–Crippen LogP) is 2.82. The average Bonchev–Trinajstić information content (AvgIpc) is 2.27. The van der Waals surface area contributed by atoms with E-state index in [1.54, 1.807) is 29.2 Å². The van der Waals surface area contributed by atoms with Crippen molar-refractivity contribution in [1.82, 2.24) is 9.55 Å². The Labute approximate surface area is 109 Å². The van der Waals surface area contributed by atoms with Crippen LogP contribution in [0.2, 0.25) is 0 Å². The van der Waals surface area contributed by atoms with Gasteiger partial charge >= 0.3 is 0 Å². The van der Waals surface area contributed by atoms with Crippen molar-refractivity contribution in [3.05, 3.63) is 61.7 Å². The highest BCUT2D eigenvalue weighted by atomic mass is 79.9. The molecule has 2 aromatic rings. The second-order valence-electron chi connectivity index (χ2n) is 3.29. The van der Waals surface area contributed by atoms with E-state index >= 15 is 0 Å². The quantitative estimate of drug-likeness (QED) is 0.840. The Balaban J connectivity index is 2.39. The topological polar surface area (TPSA) is 34.9 Å². The lowest BCUT2D eigenvalue weighted by molar-refractivity contribution is 0.750. The van der Waals surface area contributed by atoms with E-state index in [1.807, 2.05) is 12.1 Å². The zero-order valence-electron chi connectivity index (χ0n) is 8.23. The zero-order valence-corrected chi connectivity index (χ0v) is 11.4. The van der Waals surface area contributed by atoms with Crippen LogP contribution in [-0.4, -0.2) is 9.55 Å². The first-order valence-electron chi connectivity index (χ1n) is 4.61. The first-order chi connectivity index (χ1) is 7.66. The Bertz CT molecular complexity index is 552. The fourth-order valence-electron chi connectivity index (χ4n) is 1.37. The fourth-order valence-corrected chi connectivity index (χ4v) is 2.62. The monoisotopic (exact) mass is 342 g/mol. The third-order valence-electron chi connectivity index (χ3n) is 2.11. The molecule has 0 atom stereocenters. The van der Waals surface area contributed by atoms with Crippen molar-refractivity contribution in [2.45, 2.75) is 6.54 Å². The standard InChI is InChI=1S/C11H8Br2N2O/c12-9-5-10(13)11(16)15(7-9)6-8-1-3-14-4-2-8/h1-5,7H,6H2. The molecule has 0 saturated carbocycles. The summed E-state index contributed by atoms with van der Waals surface area (Å²) in [6, 6.07) is 5.52. The Morgan fingerprint density at radius 1 is 1.25 bits per heavy atom. The van der Waals surface area contributed by atoms with E-state index in [2.05, 4.69) is 36.8 Å². The largest absolute Gasteiger partial charge is 0.309 e. The maximum atomic E-state index is 11.8. The average molecular weight is 344 g/mol. The van der Waals surface area contributed by atoms with Gasteiger partial charge in [0.15, 0.2) is 0 Å². The van der Waals surface area contributed by atoms with Crippen LogP contribution in [0.1, 0.15) is 5.56 Å². The molecule has 3 nitrogen and oxygen atoms in total. The molecule has 0 radical (unpaired) electrons. The van der Waals surface area contributed by atoms with Crippen LogP contribution in [0.25, 0.3) is 0 Å². The van der Waals surface area contributed by atoms with E-state index in [9.17, 15) is 4.79 Å². The zero-order chi connectivity index (χ0) is 11.5. The highest BCUT2D eigenvalue weighted by Crippen LogP contribution is 2.13. The van der Waals surface area contributed by atoms with E-state index < -0.39 is 0 Å². The van der Waals surface area contributed by atoms with Gasteiger partial charge < -0.3 is 4.57 Å². The summed E-state index contributed by atoms with van der Waals surface area (Å²) in [5.41, 5.74) is 1.00. The summed E-state index contributed by atoms with van der Waals surface area (Å²) in [5.74, 6) is 0. The molecule has 5 heteroatoms. The second-order valence-corrected chi connectivity index (χ2v) is 5.06. The SMILES string of the molecule is O=c1c(Br)cc(Br)cn1Cc1ccncc1. The molecule has 2 heterocycles. The number of rotatable bonds is 2. The van der Waals surface area contributed by atoms with Crippen molar-refractivity contribution < 1.29 is 0 Å². The maximum absolute atomic E-state index is 11.8. The summed E-state index contributed by atoms with van der Waals surface area (Å²) in [6.07, 6.45) is 5.20. The molecule has 0 aliphatic rings. The highest BCUT2D eigenvalue weighted by molar-refractivity contribution is 9.11. The van der Waals surface area contributed by atoms with Crippen molar-refractivity contribution in [2.75, 3.05) is 0 Å². The number of halogens is 2. The van der Waals surface area contributed by atoms with Gasteiger partial charge in [-0.1, -0.05) is 0 Å². The molecule has 0 saturated heterocycles. The lowest BCUT2D eigenvalue weighted by Crippen LogP contribution is -2.20. The molecule has 2 aromatic heterocycles. The Kier molecular flexibility index (Phi) is 3.56. The Hall–Kier alpha value is -0.940. The molecule has 0 spiro atoms. The lowest BCUT2D eigenvalue weighted by Gasteiger charge is -2.06. The van der Waals surface area contributed by atoms with Gasteiger partial charge in [-0.05, 0) is 55.6 Å². The summed E-state index contributed by atoms with van der Waals surface area (Å²) in [5, 5.41) is 0. The van der Waals surface area contributed by atoms with E-state index in [4.69, 9.17) is 0 Å². The van der Waals surface area contributed by atoms with E-state index in [0.717, 1.165) is 10.0 Å². The van der Waals surface area contributed by atoms with Crippen LogP contribution in [-0.2, 0) is 6.54 Å². The van der Waals surface area contributed by atoms with Crippen LogP contribution in [0.3, 0.4) is 0 Å². The van der Waals surface area contributed by atoms with Gasteiger partial charge in [0.25, 0.3) is 5.56 Å². The highest BCUT2D eigenvalue weighted by Gasteiger charge is 2.03. The molecule has 2 rings (SSSR count). The van der Waals surface area contributed by atoms with Crippen LogP contribution >= 0.6 is 31.9 Å². The Morgan fingerprint density at radius 3 is 2.62 bits per heavy atom. The van der Waals surface area contributed by atoms with Gasteiger partial charge in [-0.15, -0.1) is 0 Å². The van der Waals surface area contributed by atoms with Crippen LogP contribution in [0.15, 0.2) is 50.5 Å². The number of hydrogen-bond acceptors (Lipinski definition) is 2. The van der Waals surface area contributed by atoms with Crippen molar-refractivity contribution in [3.8, 4) is 0 Å². The smallest absolute Gasteiger partial charge is 0.265 e. The van der Waals surface area contributed by atoms with Gasteiger partial charge in [-0.3, -0.25) is 9.78 Å². The lowest BCUT2D eigenvalue weighted by atomic mass is 10.2. The molecular weight excluding hydrogens is 336 g/mol. The predicted molar refractivity (Wildman–Crippen MR) is 69.4 cm³/mol. The number of hydrogen-bond donors (Lipinski definition) is 0. The third kappa shape index (κ3) is 2.59. The molecule has 0 unspecified atom stereocenters. The van der Waals surface area contributed by atoms with Crippen molar-refractivity contribution >= 4 is 31.9 Å². The van der Waals surface area contributed by atoms with Crippen LogP contribution in [0, 0.1) is 0 Å². The van der Waals surface area contributed by atoms with Crippen LogP contribution < -0.4 is 5.56 Å². The molecule has 0 aliphatic carbocycles. The molecule has 0 N–H and O–H groups in total. The normalized spacial score (nSPS) is 10.4. The van der Waals surface area contributed by atoms with Gasteiger partial charge in [0.2, 0.25) is 0 Å².